The molecule has 0 bridgehead atoms. The molecule has 2 atom stereocenters. The third-order valence-electron chi connectivity index (χ3n) is 3.19. The summed E-state index contributed by atoms with van der Waals surface area (Å²) in [6.45, 7) is 3.47. The number of hydrogen-bond donors (Lipinski definition) is 2. The molecule has 0 aromatic heterocycles. The maximum absolute atomic E-state index is 11.6. The first-order valence-corrected chi connectivity index (χ1v) is 6.35. The minimum Gasteiger partial charge on any atom is -0.382 e. The van der Waals surface area contributed by atoms with Crippen molar-refractivity contribution in [2.75, 3.05) is 27.1 Å². The maximum Gasteiger partial charge on any atom is 0.316 e. The molecular weight excluding hydrogens is 220 g/mol. The average Bonchev–Trinajstić information content (AvgIpc) is 2.32. The van der Waals surface area contributed by atoms with Crippen LogP contribution in [0.25, 0.3) is 0 Å². The molecule has 2 amide bonds. The molecule has 1 rings (SSSR count). The van der Waals surface area contributed by atoms with E-state index in [1.807, 2.05) is 0 Å². The molecule has 1 fully saturated rings. The van der Waals surface area contributed by atoms with Crippen LogP contribution in [0.1, 0.15) is 32.6 Å². The topological polar surface area (TPSA) is 59.6 Å². The molecule has 17 heavy (non-hydrogen) atoms. The predicted molar refractivity (Wildman–Crippen MR) is 65.8 cm³/mol. The van der Waals surface area contributed by atoms with E-state index in [0.29, 0.717) is 25.2 Å². The number of rotatable bonds is 6. The van der Waals surface area contributed by atoms with E-state index in [-0.39, 0.29) is 12.8 Å². The monoisotopic (exact) mass is 244 g/mol. The summed E-state index contributed by atoms with van der Waals surface area (Å²) in [6, 6.07) is 0.170. The smallest absolute Gasteiger partial charge is 0.316 e. The number of methoxy groups -OCH3 is 1. The summed E-state index contributed by atoms with van der Waals surface area (Å²) in [7, 11) is 1.62. The fourth-order valence-corrected chi connectivity index (χ4v) is 2.08. The van der Waals surface area contributed by atoms with Crippen molar-refractivity contribution in [1.29, 1.82) is 0 Å². The van der Waals surface area contributed by atoms with Crippen molar-refractivity contribution < 1.29 is 14.3 Å². The number of amides is 2. The molecule has 0 aliphatic heterocycles. The standard InChI is InChI=1S/C12H24N2O3/c1-10-5-3-4-6-11(10)14-12(15)13-9-17-8-7-16-2/h10-11H,3-9H2,1-2H3,(H2,13,14,15). The lowest BCUT2D eigenvalue weighted by atomic mass is 9.86. The van der Waals surface area contributed by atoms with Crippen LogP contribution in [-0.2, 0) is 9.47 Å². The number of nitrogens with one attached hydrogen (secondary N) is 2. The van der Waals surface area contributed by atoms with Gasteiger partial charge < -0.3 is 20.1 Å². The highest BCUT2D eigenvalue weighted by molar-refractivity contribution is 5.74. The fraction of sp³-hybridized carbons (Fsp3) is 0.917. The highest BCUT2D eigenvalue weighted by Crippen LogP contribution is 2.23. The Morgan fingerprint density at radius 1 is 1.29 bits per heavy atom. The van der Waals surface area contributed by atoms with Gasteiger partial charge in [-0.2, -0.15) is 0 Å². The third kappa shape index (κ3) is 5.89. The first-order chi connectivity index (χ1) is 8.24. The molecule has 1 aliphatic rings. The molecule has 5 heteroatoms. The van der Waals surface area contributed by atoms with Crippen molar-refractivity contribution in [1.82, 2.24) is 10.6 Å². The van der Waals surface area contributed by atoms with Gasteiger partial charge in [-0.1, -0.05) is 19.8 Å². The van der Waals surface area contributed by atoms with Gasteiger partial charge in [-0.15, -0.1) is 0 Å². The van der Waals surface area contributed by atoms with Crippen LogP contribution in [0.15, 0.2) is 0 Å². The van der Waals surface area contributed by atoms with Gasteiger partial charge in [0.2, 0.25) is 0 Å². The summed E-state index contributed by atoms with van der Waals surface area (Å²) < 4.78 is 9.99. The van der Waals surface area contributed by atoms with Gasteiger partial charge in [-0.3, -0.25) is 0 Å². The summed E-state index contributed by atoms with van der Waals surface area (Å²) in [5.41, 5.74) is 0. The van der Waals surface area contributed by atoms with Crippen LogP contribution in [0.2, 0.25) is 0 Å². The van der Waals surface area contributed by atoms with Crippen LogP contribution >= 0.6 is 0 Å². The molecule has 0 aromatic rings. The maximum atomic E-state index is 11.6. The van der Waals surface area contributed by atoms with E-state index < -0.39 is 0 Å². The Morgan fingerprint density at radius 2 is 2.06 bits per heavy atom. The van der Waals surface area contributed by atoms with Gasteiger partial charge in [0.15, 0.2) is 0 Å². The van der Waals surface area contributed by atoms with E-state index in [2.05, 4.69) is 17.6 Å². The van der Waals surface area contributed by atoms with Gasteiger partial charge in [0.05, 0.1) is 13.2 Å². The number of carbonyl (C=O) groups excluding carboxylic acids is 1. The van der Waals surface area contributed by atoms with E-state index in [1.54, 1.807) is 7.11 Å². The average molecular weight is 244 g/mol. The van der Waals surface area contributed by atoms with E-state index in [4.69, 9.17) is 9.47 Å². The van der Waals surface area contributed by atoms with Crippen molar-refractivity contribution in [3.63, 3.8) is 0 Å². The number of ether oxygens (including phenoxy) is 2. The van der Waals surface area contributed by atoms with E-state index >= 15 is 0 Å². The lowest BCUT2D eigenvalue weighted by Gasteiger charge is -2.29. The van der Waals surface area contributed by atoms with Crippen LogP contribution in [-0.4, -0.2) is 39.1 Å². The van der Waals surface area contributed by atoms with Crippen molar-refractivity contribution in [2.24, 2.45) is 5.92 Å². The Hall–Kier alpha value is -0.810. The molecule has 1 aliphatic carbocycles. The first kappa shape index (κ1) is 14.3. The zero-order chi connectivity index (χ0) is 12.5. The first-order valence-electron chi connectivity index (χ1n) is 6.35. The molecule has 0 saturated heterocycles. The van der Waals surface area contributed by atoms with Gasteiger partial charge in [0.1, 0.15) is 6.73 Å². The Kier molecular flexibility index (Phi) is 6.96. The number of urea groups is 1. The summed E-state index contributed by atoms with van der Waals surface area (Å²) in [5, 5.41) is 5.68. The van der Waals surface area contributed by atoms with E-state index in [0.717, 1.165) is 6.42 Å². The number of carbonyl (C=O) groups is 1. The summed E-state index contributed by atoms with van der Waals surface area (Å²) in [6.07, 6.45) is 4.77. The highest BCUT2D eigenvalue weighted by Gasteiger charge is 2.22. The Morgan fingerprint density at radius 3 is 2.76 bits per heavy atom. The molecule has 100 valence electrons. The van der Waals surface area contributed by atoms with Crippen LogP contribution in [0.3, 0.4) is 0 Å². The van der Waals surface area contributed by atoms with Crippen molar-refractivity contribution >= 4 is 6.03 Å². The quantitative estimate of drug-likeness (QED) is 0.549. The molecule has 1 saturated carbocycles. The molecule has 0 heterocycles. The second kappa shape index (κ2) is 8.31. The Bertz CT molecular complexity index is 224. The second-order valence-electron chi connectivity index (χ2n) is 4.56. The lowest BCUT2D eigenvalue weighted by molar-refractivity contribution is 0.0638. The molecule has 0 aromatic carbocycles. The van der Waals surface area contributed by atoms with Crippen LogP contribution in [0, 0.1) is 5.92 Å². The van der Waals surface area contributed by atoms with Crippen LogP contribution in [0.4, 0.5) is 4.79 Å². The minimum absolute atomic E-state index is 0.138. The van der Waals surface area contributed by atoms with Crippen LogP contribution < -0.4 is 10.6 Å². The summed E-state index contributed by atoms with van der Waals surface area (Å²) in [5.74, 6) is 0.573. The van der Waals surface area contributed by atoms with E-state index in [1.165, 1.54) is 19.3 Å². The predicted octanol–water partition coefficient (Wildman–Crippen LogP) is 1.48. The highest BCUT2D eigenvalue weighted by atomic mass is 16.5. The molecule has 0 spiro atoms. The Balaban J connectivity index is 2.07. The van der Waals surface area contributed by atoms with Crippen molar-refractivity contribution in [3.05, 3.63) is 0 Å². The van der Waals surface area contributed by atoms with Gasteiger partial charge >= 0.3 is 6.03 Å². The van der Waals surface area contributed by atoms with Gasteiger partial charge in [0.25, 0.3) is 0 Å². The van der Waals surface area contributed by atoms with Crippen molar-refractivity contribution in [2.45, 2.75) is 38.6 Å². The Labute approximate surface area is 103 Å². The summed E-state index contributed by atoms with van der Waals surface area (Å²) >= 11 is 0. The minimum atomic E-state index is -0.138. The van der Waals surface area contributed by atoms with E-state index in [9.17, 15) is 4.79 Å². The largest absolute Gasteiger partial charge is 0.382 e. The number of hydrogen-bond acceptors (Lipinski definition) is 3. The van der Waals surface area contributed by atoms with Gasteiger partial charge in [0, 0.05) is 13.2 Å². The SMILES string of the molecule is COCCOCNC(=O)NC1CCCCC1C. The zero-order valence-corrected chi connectivity index (χ0v) is 10.8. The van der Waals surface area contributed by atoms with Crippen LogP contribution in [0.5, 0.6) is 0 Å². The third-order valence-corrected chi connectivity index (χ3v) is 3.19. The lowest BCUT2D eigenvalue weighted by Crippen LogP contribution is -2.46. The molecule has 2 unspecified atom stereocenters. The van der Waals surface area contributed by atoms with Gasteiger partial charge in [-0.25, -0.2) is 4.79 Å². The fourth-order valence-electron chi connectivity index (χ4n) is 2.08. The molecule has 0 radical (unpaired) electrons. The second-order valence-corrected chi connectivity index (χ2v) is 4.56. The zero-order valence-electron chi connectivity index (χ0n) is 10.8. The molecule has 2 N–H and O–H groups in total. The molecular formula is C12H24N2O3. The molecule has 5 nitrogen and oxygen atoms in total. The van der Waals surface area contributed by atoms with Gasteiger partial charge in [-0.05, 0) is 18.8 Å². The summed E-state index contributed by atoms with van der Waals surface area (Å²) in [4.78, 5) is 11.6. The normalized spacial score (nSPS) is 24.4. The van der Waals surface area contributed by atoms with Crippen molar-refractivity contribution in [3.8, 4) is 0 Å².